The maximum absolute atomic E-state index is 13.5. The van der Waals surface area contributed by atoms with Gasteiger partial charge in [-0.1, -0.05) is 0 Å². The summed E-state index contributed by atoms with van der Waals surface area (Å²) in [6.45, 7) is 3.03. The zero-order chi connectivity index (χ0) is 19.2. The number of hydrogen-bond acceptors (Lipinski definition) is 4. The van der Waals surface area contributed by atoms with Crippen molar-refractivity contribution in [2.45, 2.75) is 43.2 Å². The lowest BCUT2D eigenvalue weighted by Gasteiger charge is -2.30. The molecule has 1 aliphatic rings. The van der Waals surface area contributed by atoms with Crippen molar-refractivity contribution in [2.75, 3.05) is 25.4 Å². The molecule has 1 aromatic heterocycles. The van der Waals surface area contributed by atoms with Crippen molar-refractivity contribution in [3.05, 3.63) is 18.2 Å². The Morgan fingerprint density at radius 1 is 1.44 bits per heavy atom. The fraction of sp³-hybridized carbons (Fsp3) is 0.750. The van der Waals surface area contributed by atoms with Crippen molar-refractivity contribution in [3.63, 3.8) is 0 Å². The number of alkyl halides is 3. The quantitative estimate of drug-likeness (QED) is 0.293. The van der Waals surface area contributed by atoms with Crippen molar-refractivity contribution in [1.29, 1.82) is 0 Å². The second-order valence-electron chi connectivity index (χ2n) is 6.25. The van der Waals surface area contributed by atoms with E-state index in [1.807, 2.05) is 18.7 Å². The Morgan fingerprint density at radius 3 is 2.70 bits per heavy atom. The molecular weight excluding hydrogens is 494 g/mol. The van der Waals surface area contributed by atoms with E-state index in [2.05, 4.69) is 20.6 Å². The van der Waals surface area contributed by atoms with E-state index in [4.69, 9.17) is 0 Å². The van der Waals surface area contributed by atoms with Gasteiger partial charge in [0, 0.05) is 44.2 Å². The second kappa shape index (κ2) is 10.7. The Morgan fingerprint density at radius 2 is 2.19 bits per heavy atom. The van der Waals surface area contributed by atoms with E-state index in [0.717, 1.165) is 12.2 Å². The van der Waals surface area contributed by atoms with Gasteiger partial charge in [-0.2, -0.15) is 24.9 Å². The highest BCUT2D eigenvalue weighted by atomic mass is 127. The second-order valence-corrected chi connectivity index (χ2v) is 7.66. The maximum Gasteiger partial charge on any atom is 0.424 e. The van der Waals surface area contributed by atoms with Gasteiger partial charge in [0.15, 0.2) is 5.96 Å². The van der Waals surface area contributed by atoms with E-state index in [-0.39, 0.29) is 30.5 Å². The van der Waals surface area contributed by atoms with Crippen LogP contribution in [0.5, 0.6) is 0 Å². The number of nitrogens with one attached hydrogen (secondary N) is 2. The number of thioether (sulfide) groups is 1. The zero-order valence-electron chi connectivity index (χ0n) is 15.4. The molecule has 1 aliphatic heterocycles. The number of aromatic nitrogens is 2. The third-order valence-electron chi connectivity index (χ3n) is 4.26. The first kappa shape index (κ1) is 24.3. The summed E-state index contributed by atoms with van der Waals surface area (Å²) in [5, 5.41) is 16.7. The summed E-state index contributed by atoms with van der Waals surface area (Å²) in [6.07, 6.45) is -0.486. The van der Waals surface area contributed by atoms with Crippen molar-refractivity contribution in [1.82, 2.24) is 20.2 Å². The Balaban J connectivity index is 0.00000364. The first-order valence-corrected chi connectivity index (χ1v) is 9.73. The van der Waals surface area contributed by atoms with Gasteiger partial charge >= 0.3 is 6.18 Å². The summed E-state index contributed by atoms with van der Waals surface area (Å²) in [5.74, 6) is 1.17. The minimum absolute atomic E-state index is 0. The van der Waals surface area contributed by atoms with Gasteiger partial charge in [-0.05, 0) is 25.5 Å². The molecule has 0 saturated carbocycles. The molecule has 2 unspecified atom stereocenters. The van der Waals surface area contributed by atoms with Crippen LogP contribution in [0, 0.1) is 0 Å². The molecule has 27 heavy (non-hydrogen) atoms. The topological polar surface area (TPSA) is 74.5 Å². The number of imidazole rings is 1. The summed E-state index contributed by atoms with van der Waals surface area (Å²) in [7, 11) is 1.43. The number of nitrogens with zero attached hydrogens (tertiary/aromatic N) is 3. The molecule has 0 aliphatic carbocycles. The molecular formula is C16H27F3IN5OS. The summed E-state index contributed by atoms with van der Waals surface area (Å²) < 4.78 is 41.7. The highest BCUT2D eigenvalue weighted by Crippen LogP contribution is 2.40. The molecule has 0 bridgehead atoms. The molecule has 2 heterocycles. The van der Waals surface area contributed by atoms with Crippen molar-refractivity contribution in [2.24, 2.45) is 12.0 Å². The molecule has 1 fully saturated rings. The third-order valence-corrected chi connectivity index (χ3v) is 5.64. The van der Waals surface area contributed by atoms with Gasteiger partial charge in [0.05, 0.1) is 6.54 Å². The van der Waals surface area contributed by atoms with E-state index in [9.17, 15) is 18.3 Å². The largest absolute Gasteiger partial charge is 0.424 e. The summed E-state index contributed by atoms with van der Waals surface area (Å²) in [6, 6.07) is 0. The minimum Gasteiger partial charge on any atom is -0.374 e. The number of guanidine groups is 1. The number of hydrogen-bond donors (Lipinski definition) is 3. The predicted octanol–water partition coefficient (Wildman–Crippen LogP) is 2.63. The van der Waals surface area contributed by atoms with E-state index >= 15 is 0 Å². The standard InChI is InChI=1S/C16H26F3N5OS.HI/c1-3-20-14(23-11-12-5-4-10-26-12)22-7-6-15(25,16(17,18)19)13-21-8-9-24(13)2;/h8-9,12,25H,3-7,10-11H2,1-2H3,(H2,20,22,23);1H. The van der Waals surface area contributed by atoms with Gasteiger partial charge in [0.25, 0.3) is 0 Å². The number of rotatable bonds is 7. The maximum atomic E-state index is 13.5. The van der Waals surface area contributed by atoms with Gasteiger partial charge < -0.3 is 20.3 Å². The minimum atomic E-state index is -4.83. The average molecular weight is 521 g/mol. The van der Waals surface area contributed by atoms with Crippen LogP contribution in [0.2, 0.25) is 0 Å². The van der Waals surface area contributed by atoms with Crippen LogP contribution in [0.25, 0.3) is 0 Å². The van der Waals surface area contributed by atoms with Gasteiger partial charge in [0.1, 0.15) is 5.82 Å². The molecule has 1 aromatic rings. The zero-order valence-corrected chi connectivity index (χ0v) is 18.6. The molecule has 0 radical (unpaired) electrons. The predicted molar refractivity (Wildman–Crippen MR) is 113 cm³/mol. The Bertz CT molecular complexity index is 607. The molecule has 2 rings (SSSR count). The van der Waals surface area contributed by atoms with Gasteiger partial charge in [-0.15, -0.1) is 24.0 Å². The molecule has 156 valence electrons. The van der Waals surface area contributed by atoms with Crippen molar-refractivity contribution < 1.29 is 18.3 Å². The first-order valence-electron chi connectivity index (χ1n) is 8.68. The number of aliphatic imine (C=N–C) groups is 1. The highest BCUT2D eigenvalue weighted by molar-refractivity contribution is 14.0. The Hall–Kier alpha value is -0.690. The van der Waals surface area contributed by atoms with Gasteiger partial charge in [-0.3, -0.25) is 4.99 Å². The third kappa shape index (κ3) is 6.41. The van der Waals surface area contributed by atoms with Gasteiger partial charge in [-0.25, -0.2) is 4.98 Å². The SMILES string of the molecule is CCNC(=NCC1CCCS1)NCCC(O)(c1nccn1C)C(F)(F)F.I. The summed E-state index contributed by atoms with van der Waals surface area (Å²) in [5.41, 5.74) is -3.02. The average Bonchev–Trinajstić information content (AvgIpc) is 3.22. The summed E-state index contributed by atoms with van der Waals surface area (Å²) in [4.78, 5) is 8.14. The molecule has 0 aromatic carbocycles. The fourth-order valence-electron chi connectivity index (χ4n) is 2.83. The summed E-state index contributed by atoms with van der Waals surface area (Å²) >= 11 is 1.87. The number of halogens is 4. The Labute approximate surface area is 178 Å². The van der Waals surface area contributed by atoms with Crippen LogP contribution in [0.4, 0.5) is 13.2 Å². The molecule has 1 saturated heterocycles. The van der Waals surface area contributed by atoms with Crippen molar-refractivity contribution in [3.8, 4) is 0 Å². The van der Waals surface area contributed by atoms with Crippen LogP contribution in [-0.4, -0.2) is 57.4 Å². The lowest BCUT2D eigenvalue weighted by atomic mass is 9.97. The van der Waals surface area contributed by atoms with Crippen LogP contribution < -0.4 is 10.6 Å². The van der Waals surface area contributed by atoms with Crippen LogP contribution >= 0.6 is 35.7 Å². The molecule has 6 nitrogen and oxygen atoms in total. The highest BCUT2D eigenvalue weighted by Gasteiger charge is 2.57. The van der Waals surface area contributed by atoms with E-state index < -0.39 is 24.0 Å². The van der Waals surface area contributed by atoms with Crippen LogP contribution in [0.3, 0.4) is 0 Å². The normalized spacial score (nSPS) is 20.1. The van der Waals surface area contributed by atoms with Crippen molar-refractivity contribution >= 4 is 41.7 Å². The smallest absolute Gasteiger partial charge is 0.374 e. The lowest BCUT2D eigenvalue weighted by Crippen LogP contribution is -2.48. The lowest BCUT2D eigenvalue weighted by molar-refractivity contribution is -0.272. The molecule has 3 N–H and O–H groups in total. The molecule has 11 heteroatoms. The molecule has 0 spiro atoms. The number of aryl methyl sites for hydroxylation is 1. The van der Waals surface area contributed by atoms with Crippen LogP contribution in [0.15, 0.2) is 17.4 Å². The Kier molecular flexibility index (Phi) is 9.69. The van der Waals surface area contributed by atoms with E-state index in [1.165, 1.54) is 30.4 Å². The first-order chi connectivity index (χ1) is 12.3. The fourth-order valence-corrected chi connectivity index (χ4v) is 4.01. The van der Waals surface area contributed by atoms with Crippen LogP contribution in [-0.2, 0) is 12.6 Å². The molecule has 2 atom stereocenters. The van der Waals surface area contributed by atoms with Gasteiger partial charge in [0.2, 0.25) is 5.60 Å². The monoisotopic (exact) mass is 521 g/mol. The van der Waals surface area contributed by atoms with E-state index in [0.29, 0.717) is 24.3 Å². The van der Waals surface area contributed by atoms with E-state index in [1.54, 1.807) is 0 Å². The number of aliphatic hydroxyl groups is 1. The van der Waals surface area contributed by atoms with Crippen LogP contribution in [0.1, 0.15) is 32.0 Å². The molecule has 0 amide bonds.